The molecule has 0 saturated carbocycles. The Morgan fingerprint density at radius 3 is 2.62 bits per heavy atom. The molecule has 1 aromatic heterocycles. The van der Waals surface area contributed by atoms with Crippen LogP contribution in [0.3, 0.4) is 0 Å². The van der Waals surface area contributed by atoms with Crippen molar-refractivity contribution in [1.82, 2.24) is 29.9 Å². The zero-order valence-corrected chi connectivity index (χ0v) is 16.9. The Bertz CT molecular complexity index is 485. The molecule has 24 heavy (non-hydrogen) atoms. The summed E-state index contributed by atoms with van der Waals surface area (Å²) in [5, 5.41) is 11.2. The quantitative estimate of drug-likeness (QED) is 0.310. The molecule has 1 N–H and O–H groups in total. The second-order valence-electron chi connectivity index (χ2n) is 6.51. The third-order valence-corrected chi connectivity index (χ3v) is 4.92. The maximum atomic E-state index is 4.47. The van der Waals surface area contributed by atoms with Gasteiger partial charge in [0.2, 0.25) is 0 Å². The molecule has 0 aromatic carbocycles. The summed E-state index contributed by atoms with van der Waals surface area (Å²) in [5.74, 6) is 1.07. The van der Waals surface area contributed by atoms with Crippen LogP contribution in [0.5, 0.6) is 0 Å². The Morgan fingerprint density at radius 1 is 1.17 bits per heavy atom. The van der Waals surface area contributed by atoms with Gasteiger partial charge in [-0.2, -0.15) is 0 Å². The minimum absolute atomic E-state index is 0. The Labute approximate surface area is 161 Å². The first-order valence-corrected chi connectivity index (χ1v) is 8.89. The van der Waals surface area contributed by atoms with Gasteiger partial charge in [0.25, 0.3) is 0 Å². The molecule has 7 nitrogen and oxygen atoms in total. The molecule has 0 bridgehead atoms. The van der Waals surface area contributed by atoms with Crippen LogP contribution in [0.4, 0.5) is 0 Å². The maximum absolute atomic E-state index is 4.47. The second kappa shape index (κ2) is 10.2. The summed E-state index contributed by atoms with van der Waals surface area (Å²) in [5.41, 5.74) is 0. The van der Waals surface area contributed by atoms with Gasteiger partial charge in [0.15, 0.2) is 5.96 Å². The summed E-state index contributed by atoms with van der Waals surface area (Å²) in [6.07, 6.45) is 9.81. The van der Waals surface area contributed by atoms with Crippen LogP contribution in [0.1, 0.15) is 32.1 Å². The summed E-state index contributed by atoms with van der Waals surface area (Å²) in [7, 11) is 1.89. The van der Waals surface area contributed by atoms with Crippen molar-refractivity contribution >= 4 is 29.9 Å². The topological polar surface area (TPSA) is 61.6 Å². The van der Waals surface area contributed by atoms with E-state index in [0.717, 1.165) is 51.0 Å². The zero-order valence-electron chi connectivity index (χ0n) is 14.6. The van der Waals surface area contributed by atoms with Crippen LogP contribution >= 0.6 is 24.0 Å². The molecule has 136 valence electrons. The first-order chi connectivity index (χ1) is 11.4. The van der Waals surface area contributed by atoms with Crippen LogP contribution in [0.15, 0.2) is 17.6 Å². The van der Waals surface area contributed by atoms with E-state index in [1.165, 1.54) is 32.4 Å². The molecule has 3 rings (SSSR count). The number of hydrogen-bond acceptors (Lipinski definition) is 4. The number of guanidine groups is 1. The van der Waals surface area contributed by atoms with Gasteiger partial charge in [-0.25, -0.2) is 0 Å². The highest BCUT2D eigenvalue weighted by Gasteiger charge is 2.30. The van der Waals surface area contributed by atoms with E-state index in [2.05, 4.69) is 30.3 Å². The third-order valence-electron chi connectivity index (χ3n) is 4.92. The summed E-state index contributed by atoms with van der Waals surface area (Å²) < 4.78 is 2.02. The second-order valence-corrected chi connectivity index (χ2v) is 6.51. The minimum atomic E-state index is 0. The number of aliphatic imine (C=N–C) groups is 1. The van der Waals surface area contributed by atoms with Crippen LogP contribution in [0.25, 0.3) is 0 Å². The molecule has 0 amide bonds. The van der Waals surface area contributed by atoms with Gasteiger partial charge in [0.1, 0.15) is 12.7 Å². The van der Waals surface area contributed by atoms with E-state index in [9.17, 15) is 0 Å². The standard InChI is InChI=1S/C16H29N7.HI/c1-17-16(18-7-2-3-8-21-13-19-20-14-21)23-11-6-15(12-23)22-9-4-5-10-22;/h13-15H,2-12H2,1H3,(H,17,18);1H. The highest BCUT2D eigenvalue weighted by molar-refractivity contribution is 14.0. The largest absolute Gasteiger partial charge is 0.356 e. The maximum Gasteiger partial charge on any atom is 0.193 e. The van der Waals surface area contributed by atoms with Crippen molar-refractivity contribution in [2.45, 2.75) is 44.7 Å². The SMILES string of the molecule is CN=C(NCCCCn1cnnc1)N1CCC(N2CCCC2)C1.I. The van der Waals surface area contributed by atoms with Crippen molar-refractivity contribution in [2.75, 3.05) is 39.8 Å². The summed E-state index contributed by atoms with van der Waals surface area (Å²) >= 11 is 0. The number of nitrogens with zero attached hydrogens (tertiary/aromatic N) is 6. The fourth-order valence-corrected chi connectivity index (χ4v) is 3.63. The number of aromatic nitrogens is 3. The Kier molecular flexibility index (Phi) is 8.23. The van der Waals surface area contributed by atoms with Gasteiger partial charge in [0, 0.05) is 39.3 Å². The molecule has 2 aliphatic heterocycles. The monoisotopic (exact) mass is 447 g/mol. The molecule has 1 aromatic rings. The summed E-state index contributed by atoms with van der Waals surface area (Å²) in [4.78, 5) is 9.54. The van der Waals surface area contributed by atoms with Crippen LogP contribution < -0.4 is 5.32 Å². The van der Waals surface area contributed by atoms with Crippen molar-refractivity contribution in [3.63, 3.8) is 0 Å². The van der Waals surface area contributed by atoms with Crippen molar-refractivity contribution in [3.8, 4) is 0 Å². The highest BCUT2D eigenvalue weighted by Crippen LogP contribution is 2.20. The van der Waals surface area contributed by atoms with Crippen molar-refractivity contribution in [1.29, 1.82) is 0 Å². The normalized spacial score (nSPS) is 22.0. The summed E-state index contributed by atoms with van der Waals surface area (Å²) in [6.45, 7) is 6.77. The lowest BCUT2D eigenvalue weighted by Crippen LogP contribution is -2.43. The van der Waals surface area contributed by atoms with E-state index in [4.69, 9.17) is 0 Å². The van der Waals surface area contributed by atoms with Crippen molar-refractivity contribution < 1.29 is 0 Å². The van der Waals surface area contributed by atoms with Crippen LogP contribution in [-0.2, 0) is 6.54 Å². The Morgan fingerprint density at radius 2 is 1.92 bits per heavy atom. The van der Waals surface area contributed by atoms with E-state index in [1.54, 1.807) is 12.7 Å². The average Bonchev–Trinajstić information content (AvgIpc) is 3.32. The molecule has 0 aliphatic carbocycles. The fraction of sp³-hybridized carbons (Fsp3) is 0.812. The van der Waals surface area contributed by atoms with Gasteiger partial charge in [-0.05, 0) is 45.2 Å². The van der Waals surface area contributed by atoms with Crippen molar-refractivity contribution in [3.05, 3.63) is 12.7 Å². The van der Waals surface area contributed by atoms with Gasteiger partial charge >= 0.3 is 0 Å². The number of halogens is 1. The molecule has 2 aliphatic rings. The molecule has 3 heterocycles. The minimum Gasteiger partial charge on any atom is -0.356 e. The number of nitrogens with one attached hydrogen (secondary N) is 1. The molecular weight excluding hydrogens is 417 g/mol. The van der Waals surface area contributed by atoms with E-state index in [1.807, 2.05) is 11.6 Å². The van der Waals surface area contributed by atoms with Crippen molar-refractivity contribution in [2.24, 2.45) is 4.99 Å². The van der Waals surface area contributed by atoms with Gasteiger partial charge in [0.05, 0.1) is 0 Å². The number of hydrogen-bond donors (Lipinski definition) is 1. The number of rotatable bonds is 6. The predicted octanol–water partition coefficient (Wildman–Crippen LogP) is 1.42. The smallest absolute Gasteiger partial charge is 0.193 e. The van der Waals surface area contributed by atoms with E-state index >= 15 is 0 Å². The number of unbranched alkanes of at least 4 members (excludes halogenated alkanes) is 1. The average molecular weight is 447 g/mol. The Balaban J connectivity index is 0.00000208. The van der Waals surface area contributed by atoms with E-state index in [-0.39, 0.29) is 24.0 Å². The lowest BCUT2D eigenvalue weighted by atomic mass is 10.2. The number of likely N-dealkylation sites (tertiary alicyclic amines) is 2. The van der Waals surface area contributed by atoms with E-state index < -0.39 is 0 Å². The van der Waals surface area contributed by atoms with Crippen LogP contribution in [0, 0.1) is 0 Å². The van der Waals surface area contributed by atoms with Gasteiger partial charge in [-0.15, -0.1) is 34.2 Å². The molecule has 1 atom stereocenters. The van der Waals surface area contributed by atoms with Crippen LogP contribution in [-0.4, -0.2) is 76.3 Å². The molecule has 0 radical (unpaired) electrons. The zero-order chi connectivity index (χ0) is 15.9. The predicted molar refractivity (Wildman–Crippen MR) is 107 cm³/mol. The molecular formula is C16H30IN7. The van der Waals surface area contributed by atoms with Gasteiger partial charge < -0.3 is 14.8 Å². The lowest BCUT2D eigenvalue weighted by Gasteiger charge is -2.25. The Hall–Kier alpha value is -0.900. The lowest BCUT2D eigenvalue weighted by molar-refractivity contribution is 0.249. The fourth-order valence-electron chi connectivity index (χ4n) is 3.63. The highest BCUT2D eigenvalue weighted by atomic mass is 127. The number of aryl methyl sites for hydroxylation is 1. The third kappa shape index (κ3) is 5.30. The summed E-state index contributed by atoms with van der Waals surface area (Å²) in [6, 6.07) is 0.727. The molecule has 2 saturated heterocycles. The molecule has 2 fully saturated rings. The molecule has 8 heteroatoms. The molecule has 0 spiro atoms. The van der Waals surface area contributed by atoms with Gasteiger partial charge in [-0.1, -0.05) is 0 Å². The van der Waals surface area contributed by atoms with E-state index in [0.29, 0.717) is 0 Å². The molecule has 1 unspecified atom stereocenters. The first kappa shape index (κ1) is 19.4. The van der Waals surface area contributed by atoms with Crippen LogP contribution in [0.2, 0.25) is 0 Å². The first-order valence-electron chi connectivity index (χ1n) is 8.89. The van der Waals surface area contributed by atoms with Gasteiger partial charge in [-0.3, -0.25) is 9.89 Å².